The van der Waals surface area contributed by atoms with Crippen molar-refractivity contribution in [1.82, 2.24) is 19.6 Å². The lowest BCUT2D eigenvalue weighted by atomic mass is 10.2. The minimum absolute atomic E-state index is 0.213. The van der Waals surface area contributed by atoms with Crippen LogP contribution in [0, 0.1) is 6.92 Å². The molecule has 0 atom stereocenters. The molecule has 0 unspecified atom stereocenters. The van der Waals surface area contributed by atoms with Crippen LogP contribution in [-0.2, 0) is 6.54 Å². The molecule has 0 amide bonds. The summed E-state index contributed by atoms with van der Waals surface area (Å²) in [7, 11) is 0. The van der Waals surface area contributed by atoms with E-state index in [2.05, 4.69) is 10.2 Å². The molecule has 25 heavy (non-hydrogen) atoms. The first-order valence-electron chi connectivity index (χ1n) is 7.89. The molecular weight excluding hydrogens is 336 g/mol. The number of nitrogens with zero attached hydrogens (tertiary/aromatic N) is 4. The normalized spacial score (nSPS) is 11.1. The Labute approximate surface area is 149 Å². The van der Waals surface area contributed by atoms with Crippen LogP contribution < -0.4 is 5.56 Å². The van der Waals surface area contributed by atoms with Crippen molar-refractivity contribution in [3.05, 3.63) is 87.4 Å². The van der Waals surface area contributed by atoms with Gasteiger partial charge < -0.3 is 0 Å². The van der Waals surface area contributed by atoms with Crippen LogP contribution in [0.3, 0.4) is 0 Å². The lowest BCUT2D eigenvalue weighted by molar-refractivity contribution is 0.645. The molecule has 4 aromatic rings. The summed E-state index contributed by atoms with van der Waals surface area (Å²) in [6.45, 7) is 2.31. The number of hydrogen-bond donors (Lipinski definition) is 0. The van der Waals surface area contributed by atoms with Crippen molar-refractivity contribution in [2.24, 2.45) is 0 Å². The first-order chi connectivity index (χ1) is 12.1. The van der Waals surface area contributed by atoms with Crippen LogP contribution in [0.2, 0.25) is 5.02 Å². The third-order valence-corrected chi connectivity index (χ3v) is 4.50. The third-order valence-electron chi connectivity index (χ3n) is 4.18. The molecule has 2 heterocycles. The van der Waals surface area contributed by atoms with Crippen LogP contribution in [0.1, 0.15) is 11.3 Å². The molecule has 0 aliphatic heterocycles. The molecule has 0 bridgehead atoms. The molecule has 0 saturated heterocycles. The second-order valence-electron chi connectivity index (χ2n) is 5.80. The molecule has 2 aromatic carbocycles. The van der Waals surface area contributed by atoms with Crippen molar-refractivity contribution in [3.63, 3.8) is 0 Å². The van der Waals surface area contributed by atoms with Crippen LogP contribution in [0.25, 0.3) is 16.6 Å². The number of halogens is 1. The third kappa shape index (κ3) is 2.72. The minimum Gasteiger partial charge on any atom is -0.265 e. The summed E-state index contributed by atoms with van der Waals surface area (Å²) >= 11 is 6.28. The average molecular weight is 351 g/mol. The maximum Gasteiger partial charge on any atom is 0.295 e. The Morgan fingerprint density at radius 1 is 1.04 bits per heavy atom. The lowest BCUT2D eigenvalue weighted by Crippen LogP contribution is -2.23. The van der Waals surface area contributed by atoms with Crippen LogP contribution in [0.4, 0.5) is 0 Å². The smallest absolute Gasteiger partial charge is 0.265 e. The molecule has 4 rings (SSSR count). The number of para-hydroxylation sites is 1. The molecule has 6 heteroatoms. The highest BCUT2D eigenvalue weighted by Crippen LogP contribution is 2.23. The summed E-state index contributed by atoms with van der Waals surface area (Å²) in [6.07, 6.45) is 1.69. The molecule has 0 N–H and O–H groups in total. The quantitative estimate of drug-likeness (QED) is 0.567. The van der Waals surface area contributed by atoms with Gasteiger partial charge in [0.15, 0.2) is 5.52 Å². The highest BCUT2D eigenvalue weighted by atomic mass is 35.5. The van der Waals surface area contributed by atoms with Crippen LogP contribution in [0.15, 0.2) is 65.6 Å². The molecule has 0 aliphatic rings. The Hall–Kier alpha value is -2.92. The van der Waals surface area contributed by atoms with E-state index >= 15 is 0 Å². The molecule has 0 aliphatic carbocycles. The second kappa shape index (κ2) is 6.18. The number of rotatable bonds is 3. The Kier molecular flexibility index (Phi) is 3.86. The van der Waals surface area contributed by atoms with Gasteiger partial charge in [0.1, 0.15) is 0 Å². The van der Waals surface area contributed by atoms with E-state index in [1.165, 1.54) is 4.68 Å². The van der Waals surface area contributed by atoms with Crippen molar-refractivity contribution < 1.29 is 0 Å². The van der Waals surface area contributed by atoms with E-state index < -0.39 is 0 Å². The van der Waals surface area contributed by atoms with E-state index in [0.717, 1.165) is 22.3 Å². The minimum atomic E-state index is -0.213. The van der Waals surface area contributed by atoms with Crippen LogP contribution in [0.5, 0.6) is 0 Å². The van der Waals surface area contributed by atoms with Gasteiger partial charge in [-0.15, -0.1) is 0 Å². The lowest BCUT2D eigenvalue weighted by Gasteiger charge is -2.05. The summed E-state index contributed by atoms with van der Waals surface area (Å²) in [5, 5.41) is 10.1. The first-order valence-corrected chi connectivity index (χ1v) is 8.27. The van der Waals surface area contributed by atoms with Gasteiger partial charge >= 0.3 is 0 Å². The highest BCUT2D eigenvalue weighted by molar-refractivity contribution is 6.32. The summed E-state index contributed by atoms with van der Waals surface area (Å²) in [6, 6.07) is 17.2. The highest BCUT2D eigenvalue weighted by Gasteiger charge is 2.15. The Bertz CT molecular complexity index is 1120. The van der Waals surface area contributed by atoms with Gasteiger partial charge in [-0.25, -0.2) is 9.36 Å². The van der Waals surface area contributed by atoms with Crippen molar-refractivity contribution in [2.45, 2.75) is 13.5 Å². The molecule has 0 fully saturated rings. The fourth-order valence-corrected chi connectivity index (χ4v) is 3.07. The van der Waals surface area contributed by atoms with Gasteiger partial charge in [-0.05, 0) is 24.6 Å². The fraction of sp³-hybridized carbons (Fsp3) is 0.105. The Morgan fingerprint density at radius 3 is 2.52 bits per heavy atom. The van der Waals surface area contributed by atoms with Gasteiger partial charge in [0.25, 0.3) is 5.56 Å². The standard InChI is InChI=1S/C19H15ClN4O/c1-13-15-11-21-23(12-14-7-3-2-4-8-14)19(25)18(15)22-24(13)17-10-6-5-9-16(17)20/h2-11H,12H2,1H3. The van der Waals surface area contributed by atoms with Gasteiger partial charge in [0.05, 0.1) is 29.1 Å². The first kappa shape index (κ1) is 15.6. The zero-order valence-electron chi connectivity index (χ0n) is 13.6. The maximum absolute atomic E-state index is 12.8. The zero-order valence-corrected chi connectivity index (χ0v) is 14.3. The molecule has 0 saturated carbocycles. The molecule has 124 valence electrons. The summed E-state index contributed by atoms with van der Waals surface area (Å²) in [4.78, 5) is 12.8. The van der Waals surface area contributed by atoms with E-state index in [-0.39, 0.29) is 5.56 Å². The average Bonchev–Trinajstić information content (AvgIpc) is 2.96. The van der Waals surface area contributed by atoms with Crippen LogP contribution in [-0.4, -0.2) is 19.6 Å². The largest absolute Gasteiger partial charge is 0.295 e. The SMILES string of the molecule is Cc1c2cnn(Cc3ccccc3)c(=O)c2nn1-c1ccccc1Cl. The van der Waals surface area contributed by atoms with Crippen LogP contribution >= 0.6 is 11.6 Å². The summed E-state index contributed by atoms with van der Waals surface area (Å²) in [5.74, 6) is 0. The molecular formula is C19H15ClN4O. The van der Waals surface area contributed by atoms with Crippen molar-refractivity contribution in [3.8, 4) is 5.69 Å². The molecule has 2 aromatic heterocycles. The predicted octanol–water partition coefficient (Wildman–Crippen LogP) is 3.59. The van der Waals surface area contributed by atoms with E-state index in [1.54, 1.807) is 16.9 Å². The maximum atomic E-state index is 12.8. The number of hydrogen-bond acceptors (Lipinski definition) is 3. The van der Waals surface area contributed by atoms with Gasteiger partial charge in [0.2, 0.25) is 0 Å². The predicted molar refractivity (Wildman–Crippen MR) is 98.4 cm³/mol. The number of aryl methyl sites for hydroxylation is 1. The topological polar surface area (TPSA) is 52.7 Å². The van der Waals surface area contributed by atoms with E-state index in [1.807, 2.05) is 55.5 Å². The van der Waals surface area contributed by atoms with E-state index in [0.29, 0.717) is 17.1 Å². The number of aromatic nitrogens is 4. The zero-order chi connectivity index (χ0) is 17.4. The Morgan fingerprint density at radius 2 is 1.76 bits per heavy atom. The Balaban J connectivity index is 1.86. The van der Waals surface area contributed by atoms with Gasteiger partial charge in [-0.2, -0.15) is 10.2 Å². The van der Waals surface area contributed by atoms with Gasteiger partial charge in [-0.3, -0.25) is 4.79 Å². The van der Waals surface area contributed by atoms with Crippen molar-refractivity contribution in [2.75, 3.05) is 0 Å². The number of benzene rings is 2. The van der Waals surface area contributed by atoms with Crippen molar-refractivity contribution >= 4 is 22.5 Å². The number of fused-ring (bicyclic) bond motifs is 1. The van der Waals surface area contributed by atoms with E-state index in [9.17, 15) is 4.79 Å². The molecule has 0 radical (unpaired) electrons. The van der Waals surface area contributed by atoms with Gasteiger partial charge in [-0.1, -0.05) is 54.1 Å². The molecule has 5 nitrogen and oxygen atoms in total. The van der Waals surface area contributed by atoms with Crippen molar-refractivity contribution in [1.29, 1.82) is 0 Å². The van der Waals surface area contributed by atoms with E-state index in [4.69, 9.17) is 11.6 Å². The summed E-state index contributed by atoms with van der Waals surface area (Å²) in [5.41, 5.74) is 2.77. The summed E-state index contributed by atoms with van der Waals surface area (Å²) < 4.78 is 3.13. The molecule has 0 spiro atoms. The fourth-order valence-electron chi connectivity index (χ4n) is 2.86. The second-order valence-corrected chi connectivity index (χ2v) is 6.21. The monoisotopic (exact) mass is 350 g/mol. The van der Waals surface area contributed by atoms with Gasteiger partial charge in [0, 0.05) is 5.39 Å².